The molecule has 0 bridgehead atoms. The Kier molecular flexibility index (Phi) is 9.38. The van der Waals surface area contributed by atoms with Gasteiger partial charge in [0.1, 0.15) is 23.6 Å². The zero-order valence-electron chi connectivity index (χ0n) is 26.7. The van der Waals surface area contributed by atoms with Crippen LogP contribution in [0.3, 0.4) is 0 Å². The van der Waals surface area contributed by atoms with Gasteiger partial charge < -0.3 is 34.8 Å². The van der Waals surface area contributed by atoms with Gasteiger partial charge in [0, 0.05) is 55.1 Å². The molecule has 0 radical (unpaired) electrons. The molecule has 0 aliphatic carbocycles. The number of nitrogens with one attached hydrogen (secondary N) is 2. The molecule has 4 N–H and O–H groups in total. The molecule has 0 saturated carbocycles. The Balaban J connectivity index is 1.23. The van der Waals surface area contributed by atoms with E-state index in [1.165, 1.54) is 30.0 Å². The van der Waals surface area contributed by atoms with Crippen LogP contribution in [0.25, 0.3) is 10.9 Å². The minimum Gasteiger partial charge on any atom is -0.351 e. The van der Waals surface area contributed by atoms with Crippen molar-refractivity contribution >= 4 is 42.1 Å². The minimum atomic E-state index is -5.82. The lowest BCUT2D eigenvalue weighted by Gasteiger charge is -2.39. The molecule has 262 valence electrons. The maximum Gasteiger partial charge on any atom is 0.399 e. The number of H-pyrrole nitrogens is 1. The van der Waals surface area contributed by atoms with Crippen LogP contribution in [-0.4, -0.2) is 96.9 Å². The monoisotopic (exact) mass is 703 g/mol. The maximum atomic E-state index is 14.3. The summed E-state index contributed by atoms with van der Waals surface area (Å²) in [6.45, 7) is 2.03. The average Bonchev–Trinajstić information content (AvgIpc) is 3.79. The van der Waals surface area contributed by atoms with E-state index in [1.807, 2.05) is 0 Å². The van der Waals surface area contributed by atoms with E-state index >= 15 is 0 Å². The number of likely N-dealkylation sites (tertiary alicyclic amines) is 1. The van der Waals surface area contributed by atoms with E-state index in [4.69, 9.17) is 9.79 Å². The van der Waals surface area contributed by atoms with Crippen molar-refractivity contribution in [3.05, 3.63) is 71.2 Å². The molecule has 4 amide bonds. The van der Waals surface area contributed by atoms with Gasteiger partial charge in [0.2, 0.25) is 17.7 Å². The molecule has 6 rings (SSSR count). The Bertz CT molecular complexity index is 1830. The van der Waals surface area contributed by atoms with Gasteiger partial charge in [-0.3, -0.25) is 23.7 Å². The van der Waals surface area contributed by atoms with E-state index in [1.54, 1.807) is 21.9 Å². The Morgan fingerprint density at radius 2 is 1.76 bits per heavy atom. The van der Waals surface area contributed by atoms with Gasteiger partial charge in [-0.05, 0) is 74.4 Å². The van der Waals surface area contributed by atoms with Crippen LogP contribution in [0.1, 0.15) is 60.6 Å². The highest BCUT2D eigenvalue weighted by Crippen LogP contribution is 2.59. The topological polar surface area (TPSA) is 163 Å². The van der Waals surface area contributed by atoms with Crippen molar-refractivity contribution < 1.29 is 46.7 Å². The third-order valence-corrected chi connectivity index (χ3v) is 10.8. The van der Waals surface area contributed by atoms with E-state index in [2.05, 4.69) is 10.3 Å². The second-order valence-electron chi connectivity index (χ2n) is 13.0. The molecule has 1 aromatic heterocycles. The summed E-state index contributed by atoms with van der Waals surface area (Å²) in [5.74, 6) is -2.13. The number of aromatic amines is 1. The largest absolute Gasteiger partial charge is 0.399 e. The lowest BCUT2D eigenvalue weighted by atomic mass is 10.0. The Morgan fingerprint density at radius 1 is 1.02 bits per heavy atom. The highest BCUT2D eigenvalue weighted by molar-refractivity contribution is 7.52. The number of rotatable bonds is 7. The summed E-state index contributed by atoms with van der Waals surface area (Å²) in [5.41, 5.74) is -4.36. The van der Waals surface area contributed by atoms with Gasteiger partial charge in [0.15, 0.2) is 0 Å². The summed E-state index contributed by atoms with van der Waals surface area (Å²) < 4.78 is 53.5. The number of hydrogen-bond acceptors (Lipinski definition) is 5. The van der Waals surface area contributed by atoms with Gasteiger partial charge in [-0.2, -0.15) is 8.78 Å². The third-order valence-electron chi connectivity index (χ3n) is 9.85. The number of hydrogen-bond donors (Lipinski definition) is 4. The highest BCUT2D eigenvalue weighted by atomic mass is 31.2. The standard InChI is InChI=1S/C33H37F3N5O7P/c1-19(42)39-14-12-24-9-11-29(32(45)40-13-2-3-25(40)15-20-4-7-23(34)8-5-20)41(24)31(44)28(18-39)38-30(43)27-17-21-16-22(6-10-26(21)37-27)33(35,36)49(46,47)48/h4-8,10,16-17,24-25,28-29,37H,2-3,9,11-15,18H2,1H3,(H,38,43)(H2,46,47,48)/t24-,25?,28+,29+/m1/s1. The Morgan fingerprint density at radius 3 is 2.45 bits per heavy atom. The third kappa shape index (κ3) is 6.84. The first kappa shape index (κ1) is 34.7. The number of fused-ring (bicyclic) bond motifs is 2. The van der Waals surface area contributed by atoms with Crippen molar-refractivity contribution in [2.75, 3.05) is 19.6 Å². The number of amides is 4. The van der Waals surface area contributed by atoms with Gasteiger partial charge in [0.25, 0.3) is 5.91 Å². The van der Waals surface area contributed by atoms with Crippen LogP contribution >= 0.6 is 7.60 Å². The lowest BCUT2D eigenvalue weighted by Crippen LogP contribution is -2.61. The molecule has 12 nitrogen and oxygen atoms in total. The van der Waals surface area contributed by atoms with Crippen molar-refractivity contribution in [2.45, 2.75) is 75.3 Å². The van der Waals surface area contributed by atoms with Gasteiger partial charge in [-0.15, -0.1) is 0 Å². The fraction of sp³-hybridized carbons (Fsp3) is 0.455. The Hall–Kier alpha value is -4.20. The van der Waals surface area contributed by atoms with E-state index < -0.39 is 42.7 Å². The van der Waals surface area contributed by atoms with Gasteiger partial charge in [0.05, 0.1) is 0 Å². The molecule has 1 unspecified atom stereocenters. The zero-order valence-corrected chi connectivity index (χ0v) is 27.5. The second-order valence-corrected chi connectivity index (χ2v) is 14.7. The number of alkyl halides is 2. The van der Waals surface area contributed by atoms with Crippen molar-refractivity contribution in [3.63, 3.8) is 0 Å². The number of benzene rings is 2. The van der Waals surface area contributed by atoms with E-state index in [-0.39, 0.29) is 52.9 Å². The fourth-order valence-electron chi connectivity index (χ4n) is 7.28. The summed E-state index contributed by atoms with van der Waals surface area (Å²) in [6.07, 6.45) is 3.51. The van der Waals surface area contributed by atoms with Gasteiger partial charge >= 0.3 is 13.3 Å². The number of nitrogens with zero attached hydrogens (tertiary/aromatic N) is 3. The van der Waals surface area contributed by atoms with Crippen LogP contribution in [0.15, 0.2) is 48.5 Å². The van der Waals surface area contributed by atoms with Crippen molar-refractivity contribution in [1.82, 2.24) is 25.0 Å². The number of halogens is 3. The molecule has 4 heterocycles. The molecule has 3 aliphatic heterocycles. The summed E-state index contributed by atoms with van der Waals surface area (Å²) >= 11 is 0. The molecule has 2 aromatic carbocycles. The average molecular weight is 704 g/mol. The highest BCUT2D eigenvalue weighted by Gasteiger charge is 2.51. The van der Waals surface area contributed by atoms with Crippen LogP contribution in [0.5, 0.6) is 0 Å². The molecule has 16 heteroatoms. The predicted octanol–water partition coefficient (Wildman–Crippen LogP) is 3.48. The normalized spacial score (nSPS) is 23.4. The summed E-state index contributed by atoms with van der Waals surface area (Å²) in [4.78, 5) is 80.2. The van der Waals surface area contributed by atoms with Gasteiger partial charge in [-0.1, -0.05) is 18.2 Å². The molecule has 3 aliphatic rings. The molecule has 3 aromatic rings. The molecule has 0 spiro atoms. The summed E-state index contributed by atoms with van der Waals surface area (Å²) in [5, 5.41) is 2.75. The van der Waals surface area contributed by atoms with Crippen LogP contribution in [0, 0.1) is 5.82 Å². The lowest BCUT2D eigenvalue weighted by molar-refractivity contribution is -0.149. The molecular weight excluding hydrogens is 666 g/mol. The van der Waals surface area contributed by atoms with Crippen LogP contribution < -0.4 is 5.32 Å². The number of carbonyl (C=O) groups is 4. The predicted molar refractivity (Wildman–Crippen MR) is 171 cm³/mol. The molecule has 4 atom stereocenters. The molecular formula is C33H37F3N5O7P. The van der Waals surface area contributed by atoms with Crippen molar-refractivity contribution in [1.29, 1.82) is 0 Å². The summed E-state index contributed by atoms with van der Waals surface area (Å²) in [7, 11) is -5.82. The maximum absolute atomic E-state index is 14.3. The van der Waals surface area contributed by atoms with E-state index in [0.717, 1.165) is 36.6 Å². The van der Waals surface area contributed by atoms with Crippen LogP contribution in [0.4, 0.5) is 13.2 Å². The number of carbonyl (C=O) groups excluding carboxylic acids is 4. The second kappa shape index (κ2) is 13.3. The zero-order chi connectivity index (χ0) is 35.2. The fourth-order valence-corrected chi connectivity index (χ4v) is 7.75. The van der Waals surface area contributed by atoms with Crippen LogP contribution in [-0.2, 0) is 31.0 Å². The molecule has 3 saturated heterocycles. The smallest absolute Gasteiger partial charge is 0.351 e. The molecule has 49 heavy (non-hydrogen) atoms. The Labute approximate surface area is 279 Å². The van der Waals surface area contributed by atoms with Crippen molar-refractivity contribution in [3.8, 4) is 0 Å². The van der Waals surface area contributed by atoms with Gasteiger partial charge in [-0.25, -0.2) is 4.39 Å². The number of aromatic nitrogens is 1. The molecule has 3 fully saturated rings. The van der Waals surface area contributed by atoms with E-state index in [9.17, 15) is 36.9 Å². The SMILES string of the molecule is CC(=O)N1CC[C@H]2CC[C@@H](C(=O)N3CCCC3Cc3ccc(F)cc3)N2C(=O)[C@@H](NC(=O)c2cc3cc(C(F)(F)P(=O)(O)O)ccc3[nH]2)C1. The first-order valence-electron chi connectivity index (χ1n) is 16.1. The van der Waals surface area contributed by atoms with Crippen LogP contribution in [0.2, 0.25) is 0 Å². The summed E-state index contributed by atoms with van der Waals surface area (Å²) in [6, 6.07) is 7.79. The van der Waals surface area contributed by atoms with Crippen molar-refractivity contribution in [2.24, 2.45) is 0 Å². The first-order chi connectivity index (χ1) is 23.1. The minimum absolute atomic E-state index is 0.0798. The quantitative estimate of drug-likeness (QED) is 0.274. The van der Waals surface area contributed by atoms with E-state index in [0.29, 0.717) is 38.8 Å². The first-order valence-corrected chi connectivity index (χ1v) is 17.8.